The van der Waals surface area contributed by atoms with Crippen LogP contribution < -0.4 is 5.32 Å². The van der Waals surface area contributed by atoms with Gasteiger partial charge in [0.25, 0.3) is 0 Å². The van der Waals surface area contributed by atoms with Gasteiger partial charge >= 0.3 is 18.0 Å². The number of aliphatic hydroxyl groups excluding tert-OH is 1. The molecule has 0 aromatic carbocycles. The van der Waals surface area contributed by atoms with Gasteiger partial charge in [0.2, 0.25) is 0 Å². The maximum atomic E-state index is 11.9. The number of hydrogen-bond acceptors (Lipinski definition) is 6. The first-order valence-electron chi connectivity index (χ1n) is 5.57. The van der Waals surface area contributed by atoms with Crippen molar-refractivity contribution in [2.75, 3.05) is 33.5 Å². The number of carboxylic acid groups (broad SMARTS) is 1. The number of urea groups is 1. The summed E-state index contributed by atoms with van der Waals surface area (Å²) in [6.45, 7) is -0.396. The highest BCUT2D eigenvalue weighted by Gasteiger charge is 2.35. The van der Waals surface area contributed by atoms with Gasteiger partial charge in [0, 0.05) is 6.54 Å². The van der Waals surface area contributed by atoms with Crippen LogP contribution in [0.25, 0.3) is 0 Å². The van der Waals surface area contributed by atoms with Gasteiger partial charge in [-0.1, -0.05) is 0 Å². The van der Waals surface area contributed by atoms with Gasteiger partial charge in [-0.3, -0.25) is 0 Å². The number of morpholine rings is 1. The summed E-state index contributed by atoms with van der Waals surface area (Å²) in [5.41, 5.74) is 0. The Balaban J connectivity index is 2.71. The van der Waals surface area contributed by atoms with E-state index in [1.165, 1.54) is 7.11 Å². The lowest BCUT2D eigenvalue weighted by Crippen LogP contribution is -2.58. The minimum absolute atomic E-state index is 0.0169. The zero-order valence-corrected chi connectivity index (χ0v) is 10.4. The second kappa shape index (κ2) is 6.90. The van der Waals surface area contributed by atoms with E-state index in [2.05, 4.69) is 10.1 Å². The van der Waals surface area contributed by atoms with Gasteiger partial charge in [0.1, 0.15) is 0 Å². The number of nitrogens with one attached hydrogen (secondary N) is 1. The number of carbonyl (C=O) groups excluding carboxylic acids is 2. The highest BCUT2D eigenvalue weighted by atomic mass is 16.5. The summed E-state index contributed by atoms with van der Waals surface area (Å²) in [7, 11) is 1.18. The fourth-order valence-electron chi connectivity index (χ4n) is 1.60. The summed E-state index contributed by atoms with van der Waals surface area (Å²) in [6, 6.07) is -3.11. The molecule has 19 heavy (non-hydrogen) atoms. The first-order valence-corrected chi connectivity index (χ1v) is 5.57. The molecule has 1 fully saturated rings. The Kier molecular flexibility index (Phi) is 5.52. The molecule has 9 nitrogen and oxygen atoms in total. The Labute approximate surface area is 109 Å². The highest BCUT2D eigenvalue weighted by Crippen LogP contribution is 2.09. The third-order valence-corrected chi connectivity index (χ3v) is 2.64. The lowest BCUT2D eigenvalue weighted by molar-refractivity contribution is -0.151. The predicted molar refractivity (Wildman–Crippen MR) is 60.4 cm³/mol. The smallest absolute Gasteiger partial charge is 0.331 e. The van der Waals surface area contributed by atoms with Gasteiger partial charge in [0.05, 0.1) is 26.9 Å². The Morgan fingerprint density at radius 3 is 2.74 bits per heavy atom. The fourth-order valence-corrected chi connectivity index (χ4v) is 1.60. The summed E-state index contributed by atoms with van der Waals surface area (Å²) in [6.07, 6.45) is 0. The Morgan fingerprint density at radius 2 is 2.21 bits per heavy atom. The number of methoxy groups -OCH3 is 1. The SMILES string of the molecule is COC(=O)C1COCCN1C(=O)N[C@@H](CO)C(=O)O. The van der Waals surface area contributed by atoms with Crippen molar-refractivity contribution in [2.45, 2.75) is 12.1 Å². The number of esters is 1. The summed E-state index contributed by atoms with van der Waals surface area (Å²) < 4.78 is 9.62. The zero-order chi connectivity index (χ0) is 14.4. The van der Waals surface area contributed by atoms with Gasteiger partial charge in [-0.2, -0.15) is 0 Å². The van der Waals surface area contributed by atoms with Gasteiger partial charge in [-0.15, -0.1) is 0 Å². The Hall–Kier alpha value is -1.87. The van der Waals surface area contributed by atoms with Crippen molar-refractivity contribution in [2.24, 2.45) is 0 Å². The van der Waals surface area contributed by atoms with Crippen molar-refractivity contribution in [3.05, 3.63) is 0 Å². The summed E-state index contributed by atoms with van der Waals surface area (Å²) >= 11 is 0. The molecule has 0 aromatic rings. The van der Waals surface area contributed by atoms with Crippen LogP contribution in [-0.2, 0) is 19.1 Å². The number of aliphatic carboxylic acids is 1. The highest BCUT2D eigenvalue weighted by molar-refractivity contribution is 5.87. The third-order valence-electron chi connectivity index (χ3n) is 2.64. The number of aliphatic hydroxyl groups is 1. The average molecular weight is 276 g/mol. The molecule has 1 aliphatic rings. The van der Waals surface area contributed by atoms with Gasteiger partial charge in [0.15, 0.2) is 12.1 Å². The van der Waals surface area contributed by atoms with Crippen LogP contribution in [0, 0.1) is 0 Å². The Morgan fingerprint density at radius 1 is 1.53 bits per heavy atom. The Bertz CT molecular complexity index is 360. The van der Waals surface area contributed by atoms with E-state index in [9.17, 15) is 14.4 Å². The maximum Gasteiger partial charge on any atom is 0.331 e. The molecule has 108 valence electrons. The molecular weight excluding hydrogens is 260 g/mol. The van der Waals surface area contributed by atoms with Crippen molar-refractivity contribution in [3.8, 4) is 0 Å². The number of rotatable bonds is 4. The summed E-state index contributed by atoms with van der Waals surface area (Å²) in [4.78, 5) is 35.2. The van der Waals surface area contributed by atoms with Crippen LogP contribution in [0.2, 0.25) is 0 Å². The van der Waals surface area contributed by atoms with E-state index >= 15 is 0 Å². The molecule has 2 amide bonds. The molecule has 0 radical (unpaired) electrons. The monoisotopic (exact) mass is 276 g/mol. The molecule has 1 aliphatic heterocycles. The largest absolute Gasteiger partial charge is 0.480 e. The minimum Gasteiger partial charge on any atom is -0.480 e. The molecule has 0 aliphatic carbocycles. The third kappa shape index (κ3) is 3.80. The number of ether oxygens (including phenoxy) is 2. The molecule has 1 unspecified atom stereocenters. The molecule has 0 saturated carbocycles. The second-order valence-electron chi connectivity index (χ2n) is 3.83. The van der Waals surface area contributed by atoms with E-state index in [0.29, 0.717) is 0 Å². The van der Waals surface area contributed by atoms with Crippen LogP contribution in [0.5, 0.6) is 0 Å². The number of carbonyl (C=O) groups is 3. The quantitative estimate of drug-likeness (QED) is 0.508. The molecular formula is C10H16N2O7. The number of nitrogens with zero attached hydrogens (tertiary/aromatic N) is 1. The van der Waals surface area contributed by atoms with Crippen LogP contribution in [0.1, 0.15) is 0 Å². The topological polar surface area (TPSA) is 125 Å². The van der Waals surface area contributed by atoms with Crippen molar-refractivity contribution >= 4 is 18.0 Å². The van der Waals surface area contributed by atoms with Crippen LogP contribution in [0.3, 0.4) is 0 Å². The number of amides is 2. The van der Waals surface area contributed by atoms with E-state index < -0.39 is 36.7 Å². The van der Waals surface area contributed by atoms with Crippen LogP contribution in [0.15, 0.2) is 0 Å². The summed E-state index contributed by atoms with van der Waals surface area (Å²) in [5.74, 6) is -2.01. The van der Waals surface area contributed by atoms with E-state index in [0.717, 1.165) is 4.90 Å². The normalized spacial score (nSPS) is 20.5. The molecule has 0 aromatic heterocycles. The van der Waals surface area contributed by atoms with Gasteiger partial charge in [-0.25, -0.2) is 14.4 Å². The summed E-state index contributed by atoms with van der Waals surface area (Å²) in [5, 5.41) is 19.7. The van der Waals surface area contributed by atoms with Crippen LogP contribution >= 0.6 is 0 Å². The first kappa shape index (κ1) is 15.2. The maximum absolute atomic E-state index is 11.9. The molecule has 1 rings (SSSR count). The van der Waals surface area contributed by atoms with Crippen molar-refractivity contribution < 1.29 is 34.1 Å². The molecule has 3 N–H and O–H groups in total. The molecule has 2 atom stereocenters. The minimum atomic E-state index is -1.42. The fraction of sp³-hybridized carbons (Fsp3) is 0.700. The number of hydrogen-bond donors (Lipinski definition) is 3. The van der Waals surface area contributed by atoms with Crippen molar-refractivity contribution in [1.29, 1.82) is 0 Å². The molecule has 1 heterocycles. The van der Waals surface area contributed by atoms with E-state index in [-0.39, 0.29) is 19.8 Å². The van der Waals surface area contributed by atoms with E-state index in [1.54, 1.807) is 0 Å². The molecule has 0 spiro atoms. The number of carboxylic acids is 1. The van der Waals surface area contributed by atoms with Gasteiger partial charge < -0.3 is 29.9 Å². The molecule has 9 heteroatoms. The van der Waals surface area contributed by atoms with Crippen LogP contribution in [0.4, 0.5) is 4.79 Å². The lowest BCUT2D eigenvalue weighted by atomic mass is 10.2. The van der Waals surface area contributed by atoms with Crippen molar-refractivity contribution in [3.63, 3.8) is 0 Å². The van der Waals surface area contributed by atoms with E-state index in [4.69, 9.17) is 14.9 Å². The first-order chi connectivity index (χ1) is 9.01. The molecule has 1 saturated heterocycles. The van der Waals surface area contributed by atoms with Crippen molar-refractivity contribution in [1.82, 2.24) is 10.2 Å². The van der Waals surface area contributed by atoms with Gasteiger partial charge in [-0.05, 0) is 0 Å². The lowest BCUT2D eigenvalue weighted by Gasteiger charge is -2.34. The van der Waals surface area contributed by atoms with E-state index in [1.807, 2.05) is 0 Å². The standard InChI is InChI=1S/C10H16N2O7/c1-18-9(16)7-5-19-3-2-12(7)10(17)11-6(4-13)8(14)15/h6-7,13H,2-5H2,1H3,(H,11,17)(H,14,15)/t6-,7?/m0/s1. The predicted octanol–water partition coefficient (Wildman–Crippen LogP) is -1.98. The zero-order valence-electron chi connectivity index (χ0n) is 10.4. The second-order valence-corrected chi connectivity index (χ2v) is 3.83. The molecule has 0 bridgehead atoms. The van der Waals surface area contributed by atoms with Crippen LogP contribution in [-0.4, -0.2) is 78.6 Å². The average Bonchev–Trinajstić information content (AvgIpc) is 2.43.